The van der Waals surface area contributed by atoms with Crippen molar-refractivity contribution in [3.63, 3.8) is 0 Å². The van der Waals surface area contributed by atoms with E-state index in [9.17, 15) is 0 Å². The Morgan fingerprint density at radius 3 is 2.94 bits per heavy atom. The highest BCUT2D eigenvalue weighted by Gasteiger charge is 2.26. The Bertz CT molecular complexity index is 1310. The van der Waals surface area contributed by atoms with Crippen LogP contribution in [-0.2, 0) is 0 Å². The monoisotopic (exact) mass is 428 g/mol. The van der Waals surface area contributed by atoms with Crippen molar-refractivity contribution >= 4 is 37.9 Å². The van der Waals surface area contributed by atoms with Crippen LogP contribution in [0.2, 0.25) is 0 Å². The van der Waals surface area contributed by atoms with Crippen LogP contribution in [0.15, 0.2) is 60.0 Å². The summed E-state index contributed by atoms with van der Waals surface area (Å²) in [5.41, 5.74) is 4.83. The molecule has 0 amide bonds. The molecule has 0 spiro atoms. The van der Waals surface area contributed by atoms with Crippen LogP contribution >= 0.6 is 11.3 Å². The molecule has 1 atom stereocenters. The van der Waals surface area contributed by atoms with Crippen molar-refractivity contribution in [2.24, 2.45) is 0 Å². The number of ether oxygens (including phenoxy) is 2. The van der Waals surface area contributed by atoms with Gasteiger partial charge in [-0.3, -0.25) is 9.88 Å². The number of fused-ring (bicyclic) bond motifs is 4. The van der Waals surface area contributed by atoms with Crippen LogP contribution in [0.1, 0.15) is 17.7 Å². The van der Waals surface area contributed by atoms with Crippen molar-refractivity contribution in [3.05, 3.63) is 71.2 Å². The molecule has 4 nitrogen and oxygen atoms in total. The average Bonchev–Trinajstić information content (AvgIpc) is 3.23. The SMILES string of the molecule is Cc1ccc2c3c(ccc2n1)OCC(CN1CC=C(c2csc4ccccc24)CC1)O3. The molecule has 0 aliphatic carbocycles. The van der Waals surface area contributed by atoms with E-state index in [1.807, 2.05) is 36.5 Å². The van der Waals surface area contributed by atoms with Crippen molar-refractivity contribution in [3.8, 4) is 11.5 Å². The molecule has 1 unspecified atom stereocenters. The first-order valence-electron chi connectivity index (χ1n) is 10.8. The van der Waals surface area contributed by atoms with E-state index >= 15 is 0 Å². The molecule has 156 valence electrons. The van der Waals surface area contributed by atoms with Gasteiger partial charge >= 0.3 is 0 Å². The van der Waals surface area contributed by atoms with E-state index in [4.69, 9.17) is 9.47 Å². The van der Waals surface area contributed by atoms with E-state index in [0.717, 1.165) is 54.2 Å². The van der Waals surface area contributed by atoms with Crippen molar-refractivity contribution in [2.75, 3.05) is 26.2 Å². The molecule has 2 aromatic carbocycles. The molecular formula is C26H24N2O2S. The second-order valence-corrected chi connectivity index (χ2v) is 9.26. The summed E-state index contributed by atoms with van der Waals surface area (Å²) < 4.78 is 13.8. The van der Waals surface area contributed by atoms with E-state index in [0.29, 0.717) is 6.61 Å². The molecule has 31 heavy (non-hydrogen) atoms. The fourth-order valence-corrected chi connectivity index (χ4v) is 5.59. The van der Waals surface area contributed by atoms with Crippen LogP contribution in [0.5, 0.6) is 11.5 Å². The zero-order valence-electron chi connectivity index (χ0n) is 17.5. The fourth-order valence-electron chi connectivity index (χ4n) is 4.60. The van der Waals surface area contributed by atoms with Gasteiger partial charge in [-0.05, 0) is 65.6 Å². The van der Waals surface area contributed by atoms with E-state index in [1.165, 1.54) is 21.2 Å². The molecule has 2 aliphatic heterocycles. The first-order chi connectivity index (χ1) is 15.2. The summed E-state index contributed by atoms with van der Waals surface area (Å²) in [6.07, 6.45) is 3.48. The quantitative estimate of drug-likeness (QED) is 0.420. The summed E-state index contributed by atoms with van der Waals surface area (Å²) in [6.45, 7) is 5.45. The fraction of sp³-hybridized carbons (Fsp3) is 0.269. The van der Waals surface area contributed by atoms with Gasteiger partial charge in [0.2, 0.25) is 0 Å². The molecular weight excluding hydrogens is 404 g/mol. The summed E-state index contributed by atoms with van der Waals surface area (Å²) in [5.74, 6) is 1.65. The van der Waals surface area contributed by atoms with Crippen LogP contribution in [0, 0.1) is 6.92 Å². The Hall–Kier alpha value is -2.89. The predicted molar refractivity (Wildman–Crippen MR) is 127 cm³/mol. The normalized spacial score (nSPS) is 19.0. The lowest BCUT2D eigenvalue weighted by atomic mass is 9.99. The number of benzene rings is 2. The Kier molecular flexibility index (Phi) is 4.66. The highest BCUT2D eigenvalue weighted by Crippen LogP contribution is 2.39. The lowest BCUT2D eigenvalue weighted by Crippen LogP contribution is -2.42. The molecule has 0 saturated carbocycles. The Morgan fingerprint density at radius 1 is 1.10 bits per heavy atom. The standard InChI is InChI=1S/C26H24N2O2S/c1-17-6-7-21-23(27-17)8-9-24-26(21)30-19(15-29-24)14-28-12-10-18(11-13-28)22-16-31-25-5-3-2-4-20(22)25/h2-10,16,19H,11-15H2,1H3. The molecule has 0 radical (unpaired) electrons. The third-order valence-corrected chi connectivity index (χ3v) is 7.18. The van der Waals surface area contributed by atoms with E-state index in [2.05, 4.69) is 51.7 Å². The van der Waals surface area contributed by atoms with Crippen molar-refractivity contribution < 1.29 is 9.47 Å². The van der Waals surface area contributed by atoms with Gasteiger partial charge in [-0.1, -0.05) is 24.3 Å². The first kappa shape index (κ1) is 18.8. The van der Waals surface area contributed by atoms with Crippen molar-refractivity contribution in [1.29, 1.82) is 0 Å². The smallest absolute Gasteiger partial charge is 0.171 e. The Morgan fingerprint density at radius 2 is 2.03 bits per heavy atom. The summed E-state index contributed by atoms with van der Waals surface area (Å²) in [4.78, 5) is 7.09. The maximum atomic E-state index is 6.42. The Labute approximate surface area is 185 Å². The van der Waals surface area contributed by atoms with Gasteiger partial charge in [0.1, 0.15) is 12.7 Å². The maximum Gasteiger partial charge on any atom is 0.171 e. The van der Waals surface area contributed by atoms with Gasteiger partial charge in [-0.15, -0.1) is 11.3 Å². The minimum absolute atomic E-state index is 0.0244. The van der Waals surface area contributed by atoms with Crippen molar-refractivity contribution in [1.82, 2.24) is 9.88 Å². The first-order valence-corrected chi connectivity index (χ1v) is 11.7. The molecule has 6 rings (SSSR count). The highest BCUT2D eigenvalue weighted by molar-refractivity contribution is 7.17. The minimum Gasteiger partial charge on any atom is -0.486 e. The number of nitrogens with zero attached hydrogens (tertiary/aromatic N) is 2. The highest BCUT2D eigenvalue weighted by atomic mass is 32.1. The van der Waals surface area contributed by atoms with Gasteiger partial charge in [0.25, 0.3) is 0 Å². The lowest BCUT2D eigenvalue weighted by Gasteiger charge is -2.33. The van der Waals surface area contributed by atoms with Crippen LogP contribution in [0.25, 0.3) is 26.6 Å². The van der Waals surface area contributed by atoms with Crippen LogP contribution in [0.3, 0.4) is 0 Å². The Balaban J connectivity index is 1.17. The zero-order chi connectivity index (χ0) is 20.8. The van der Waals surface area contributed by atoms with Gasteiger partial charge < -0.3 is 9.47 Å². The van der Waals surface area contributed by atoms with Gasteiger partial charge in [0.15, 0.2) is 11.5 Å². The number of hydrogen-bond donors (Lipinski definition) is 0. The molecule has 4 heterocycles. The number of hydrogen-bond acceptors (Lipinski definition) is 5. The number of aromatic nitrogens is 1. The molecule has 0 N–H and O–H groups in total. The van der Waals surface area contributed by atoms with E-state index < -0.39 is 0 Å². The number of thiophene rings is 1. The lowest BCUT2D eigenvalue weighted by molar-refractivity contribution is 0.0632. The molecule has 0 saturated heterocycles. The molecule has 2 aliphatic rings. The molecule has 5 heteroatoms. The van der Waals surface area contributed by atoms with E-state index in [-0.39, 0.29) is 6.10 Å². The third-order valence-electron chi connectivity index (χ3n) is 6.22. The summed E-state index contributed by atoms with van der Waals surface area (Å²) in [6, 6.07) is 16.8. The summed E-state index contributed by atoms with van der Waals surface area (Å²) >= 11 is 1.84. The number of aryl methyl sites for hydroxylation is 1. The topological polar surface area (TPSA) is 34.6 Å². The summed E-state index contributed by atoms with van der Waals surface area (Å²) in [7, 11) is 0. The number of rotatable bonds is 3. The zero-order valence-corrected chi connectivity index (χ0v) is 18.3. The van der Waals surface area contributed by atoms with Crippen LogP contribution in [0.4, 0.5) is 0 Å². The van der Waals surface area contributed by atoms with Gasteiger partial charge in [-0.25, -0.2) is 0 Å². The molecule has 0 fully saturated rings. The second-order valence-electron chi connectivity index (χ2n) is 8.35. The molecule has 4 aromatic rings. The van der Waals surface area contributed by atoms with E-state index in [1.54, 1.807) is 0 Å². The average molecular weight is 429 g/mol. The van der Waals surface area contributed by atoms with Crippen molar-refractivity contribution in [2.45, 2.75) is 19.4 Å². The predicted octanol–water partition coefficient (Wildman–Crippen LogP) is 5.69. The van der Waals surface area contributed by atoms with Crippen LogP contribution in [-0.4, -0.2) is 42.2 Å². The van der Waals surface area contributed by atoms with Crippen LogP contribution < -0.4 is 9.47 Å². The molecule has 0 bridgehead atoms. The van der Waals surface area contributed by atoms with Gasteiger partial charge in [0.05, 0.1) is 5.52 Å². The maximum absolute atomic E-state index is 6.42. The summed E-state index contributed by atoms with van der Waals surface area (Å²) in [5, 5.41) is 4.71. The third kappa shape index (κ3) is 3.48. The second kappa shape index (κ2) is 7.66. The largest absolute Gasteiger partial charge is 0.486 e. The van der Waals surface area contributed by atoms with Gasteiger partial charge in [0, 0.05) is 35.4 Å². The minimum atomic E-state index is 0.0244. The van der Waals surface area contributed by atoms with Gasteiger partial charge in [-0.2, -0.15) is 0 Å². The molecule has 2 aromatic heterocycles. The number of pyridine rings is 1.